The van der Waals surface area contributed by atoms with Gasteiger partial charge in [0.1, 0.15) is 0 Å². The molecule has 0 bridgehead atoms. The van der Waals surface area contributed by atoms with Crippen molar-refractivity contribution in [1.29, 1.82) is 0 Å². The molecule has 3 aromatic carbocycles. The van der Waals surface area contributed by atoms with Gasteiger partial charge in [-0.1, -0.05) is 44.2 Å². The molecule has 0 saturated heterocycles. The maximum absolute atomic E-state index is 12.7. The Morgan fingerprint density at radius 3 is 2.09 bits per heavy atom. The van der Waals surface area contributed by atoms with Crippen molar-refractivity contribution in [2.24, 2.45) is 5.92 Å². The number of sulfonamides is 1. The van der Waals surface area contributed by atoms with Crippen LogP contribution in [0.25, 0.3) is 0 Å². The van der Waals surface area contributed by atoms with Gasteiger partial charge in [-0.15, -0.1) is 0 Å². The Hall–Kier alpha value is -3.65. The molecule has 0 unspecified atom stereocenters. The van der Waals surface area contributed by atoms with E-state index in [1.807, 2.05) is 13.8 Å². The van der Waals surface area contributed by atoms with E-state index in [4.69, 9.17) is 0 Å². The minimum Gasteiger partial charge on any atom is -0.352 e. The summed E-state index contributed by atoms with van der Waals surface area (Å²) < 4.78 is 27.3. The standard InChI is InChI=1S/C24H25N3O4S/c1-17(2)16-25-24(29)21-10-6-7-11-22(21)26-23(28)18-12-14-19(15-13-18)27-32(30,31)20-8-4-3-5-9-20/h3-15,17,27H,16H2,1-2H3,(H,25,29)(H,26,28). The summed E-state index contributed by atoms with van der Waals surface area (Å²) in [5.41, 5.74) is 1.42. The molecule has 0 spiro atoms. The van der Waals surface area contributed by atoms with E-state index in [2.05, 4.69) is 15.4 Å². The average molecular weight is 452 g/mol. The van der Waals surface area contributed by atoms with Crippen LogP contribution in [0.2, 0.25) is 0 Å². The number of nitrogens with one attached hydrogen (secondary N) is 3. The van der Waals surface area contributed by atoms with Crippen molar-refractivity contribution in [3.8, 4) is 0 Å². The summed E-state index contributed by atoms with van der Waals surface area (Å²) >= 11 is 0. The lowest BCUT2D eigenvalue weighted by Gasteiger charge is -2.13. The Morgan fingerprint density at radius 2 is 1.44 bits per heavy atom. The summed E-state index contributed by atoms with van der Waals surface area (Å²) in [7, 11) is -3.72. The molecule has 0 fully saturated rings. The Kier molecular flexibility index (Phi) is 7.27. The zero-order chi connectivity index (χ0) is 23.1. The third-order valence-corrected chi connectivity index (χ3v) is 5.94. The molecule has 32 heavy (non-hydrogen) atoms. The molecule has 0 aromatic heterocycles. The molecule has 0 aliphatic heterocycles. The number of anilines is 2. The molecule has 0 saturated carbocycles. The van der Waals surface area contributed by atoms with Crippen LogP contribution in [0.1, 0.15) is 34.6 Å². The fourth-order valence-electron chi connectivity index (χ4n) is 2.88. The van der Waals surface area contributed by atoms with Gasteiger partial charge in [-0.25, -0.2) is 8.42 Å². The van der Waals surface area contributed by atoms with Gasteiger partial charge >= 0.3 is 0 Å². The van der Waals surface area contributed by atoms with Crippen LogP contribution in [-0.2, 0) is 10.0 Å². The van der Waals surface area contributed by atoms with Gasteiger partial charge in [0.15, 0.2) is 0 Å². The van der Waals surface area contributed by atoms with Gasteiger partial charge in [-0.2, -0.15) is 0 Å². The van der Waals surface area contributed by atoms with Gasteiger partial charge < -0.3 is 10.6 Å². The number of rotatable bonds is 8. The smallest absolute Gasteiger partial charge is 0.261 e. The van der Waals surface area contributed by atoms with Crippen LogP contribution in [0.4, 0.5) is 11.4 Å². The molecule has 0 aliphatic carbocycles. The Balaban J connectivity index is 1.70. The normalized spacial score (nSPS) is 11.1. The van der Waals surface area contributed by atoms with E-state index in [1.54, 1.807) is 42.5 Å². The van der Waals surface area contributed by atoms with Crippen molar-refractivity contribution in [1.82, 2.24) is 5.32 Å². The quantitative estimate of drug-likeness (QED) is 0.479. The highest BCUT2D eigenvalue weighted by molar-refractivity contribution is 7.92. The Morgan fingerprint density at radius 1 is 0.812 bits per heavy atom. The number of amides is 2. The number of carbonyl (C=O) groups excluding carboxylic acids is 2. The summed E-state index contributed by atoms with van der Waals surface area (Å²) in [5, 5.41) is 5.59. The summed E-state index contributed by atoms with van der Waals surface area (Å²) in [6.07, 6.45) is 0. The van der Waals surface area contributed by atoms with Crippen LogP contribution < -0.4 is 15.4 Å². The van der Waals surface area contributed by atoms with Crippen LogP contribution in [0.3, 0.4) is 0 Å². The molecule has 0 heterocycles. The number of para-hydroxylation sites is 1. The Labute approximate surface area is 187 Å². The summed E-state index contributed by atoms with van der Waals surface area (Å²) in [6, 6.07) is 20.8. The molecule has 0 atom stereocenters. The van der Waals surface area contributed by atoms with Gasteiger partial charge in [0.25, 0.3) is 21.8 Å². The third-order valence-electron chi connectivity index (χ3n) is 4.54. The lowest BCUT2D eigenvalue weighted by Crippen LogP contribution is -2.28. The summed E-state index contributed by atoms with van der Waals surface area (Å²) in [4.78, 5) is 25.3. The highest BCUT2D eigenvalue weighted by Crippen LogP contribution is 2.19. The van der Waals surface area contributed by atoms with Gasteiger partial charge in [-0.05, 0) is 54.4 Å². The molecule has 0 radical (unpaired) electrons. The van der Waals surface area contributed by atoms with E-state index in [0.717, 1.165) is 0 Å². The second-order valence-corrected chi connectivity index (χ2v) is 9.28. The number of benzene rings is 3. The van der Waals surface area contributed by atoms with Gasteiger partial charge in [-0.3, -0.25) is 14.3 Å². The predicted molar refractivity (Wildman–Crippen MR) is 125 cm³/mol. The highest BCUT2D eigenvalue weighted by Gasteiger charge is 2.16. The van der Waals surface area contributed by atoms with Crippen molar-refractivity contribution < 1.29 is 18.0 Å². The zero-order valence-electron chi connectivity index (χ0n) is 17.8. The second kappa shape index (κ2) is 10.1. The molecule has 3 N–H and O–H groups in total. The molecule has 2 amide bonds. The van der Waals surface area contributed by atoms with E-state index >= 15 is 0 Å². The van der Waals surface area contributed by atoms with E-state index < -0.39 is 15.9 Å². The maximum Gasteiger partial charge on any atom is 0.261 e. The van der Waals surface area contributed by atoms with Crippen molar-refractivity contribution in [2.45, 2.75) is 18.7 Å². The molecule has 166 valence electrons. The van der Waals surface area contributed by atoms with Crippen LogP contribution in [0, 0.1) is 5.92 Å². The summed E-state index contributed by atoms with van der Waals surface area (Å²) in [5.74, 6) is -0.370. The molecule has 3 aromatic rings. The molecule has 3 rings (SSSR count). The molecule has 0 aliphatic rings. The molecular weight excluding hydrogens is 426 g/mol. The lowest BCUT2D eigenvalue weighted by atomic mass is 10.1. The monoisotopic (exact) mass is 451 g/mol. The lowest BCUT2D eigenvalue weighted by molar-refractivity contribution is 0.0950. The predicted octanol–water partition coefficient (Wildman–Crippen LogP) is 4.13. The van der Waals surface area contributed by atoms with Crippen molar-refractivity contribution in [3.05, 3.63) is 90.0 Å². The van der Waals surface area contributed by atoms with Gasteiger partial charge in [0.2, 0.25) is 0 Å². The second-order valence-electron chi connectivity index (χ2n) is 7.60. The summed E-state index contributed by atoms with van der Waals surface area (Å²) in [6.45, 7) is 4.52. The first-order chi connectivity index (χ1) is 15.3. The first kappa shape index (κ1) is 23.0. The zero-order valence-corrected chi connectivity index (χ0v) is 18.6. The van der Waals surface area contributed by atoms with Crippen molar-refractivity contribution in [3.63, 3.8) is 0 Å². The van der Waals surface area contributed by atoms with Crippen molar-refractivity contribution in [2.75, 3.05) is 16.6 Å². The minimum atomic E-state index is -3.72. The highest BCUT2D eigenvalue weighted by atomic mass is 32.2. The van der Waals surface area contributed by atoms with Crippen LogP contribution in [-0.4, -0.2) is 26.8 Å². The van der Waals surface area contributed by atoms with E-state index in [9.17, 15) is 18.0 Å². The molecular formula is C24H25N3O4S. The van der Waals surface area contributed by atoms with Crippen LogP contribution in [0.5, 0.6) is 0 Å². The molecule has 8 heteroatoms. The van der Waals surface area contributed by atoms with Crippen LogP contribution in [0.15, 0.2) is 83.8 Å². The average Bonchev–Trinajstić information content (AvgIpc) is 2.78. The van der Waals surface area contributed by atoms with E-state index in [0.29, 0.717) is 35.0 Å². The SMILES string of the molecule is CC(C)CNC(=O)c1ccccc1NC(=O)c1ccc(NS(=O)(=O)c2ccccc2)cc1. The number of carbonyl (C=O) groups is 2. The third kappa shape index (κ3) is 5.95. The number of hydrogen-bond donors (Lipinski definition) is 3. The largest absolute Gasteiger partial charge is 0.352 e. The topological polar surface area (TPSA) is 104 Å². The van der Waals surface area contributed by atoms with Gasteiger partial charge in [0.05, 0.1) is 16.1 Å². The fraction of sp³-hybridized carbons (Fsp3) is 0.167. The number of hydrogen-bond acceptors (Lipinski definition) is 4. The van der Waals surface area contributed by atoms with E-state index in [1.165, 1.54) is 36.4 Å². The first-order valence-corrected chi connectivity index (χ1v) is 11.6. The maximum atomic E-state index is 12.7. The van der Waals surface area contributed by atoms with E-state index in [-0.39, 0.29) is 10.8 Å². The molecule has 7 nitrogen and oxygen atoms in total. The van der Waals surface area contributed by atoms with Crippen LogP contribution >= 0.6 is 0 Å². The fourth-order valence-corrected chi connectivity index (χ4v) is 3.96. The van der Waals surface area contributed by atoms with Gasteiger partial charge in [0, 0.05) is 17.8 Å². The Bertz CT molecular complexity index is 1190. The first-order valence-electron chi connectivity index (χ1n) is 10.1. The van der Waals surface area contributed by atoms with Crippen molar-refractivity contribution >= 4 is 33.2 Å². The minimum absolute atomic E-state index is 0.147.